The molecule has 0 unspecified atom stereocenters. The Bertz CT molecular complexity index is 524. The highest BCUT2D eigenvalue weighted by atomic mass is 127. The second-order valence-electron chi connectivity index (χ2n) is 5.01. The average Bonchev–Trinajstić information content (AvgIpc) is 2.96. The van der Waals surface area contributed by atoms with Gasteiger partial charge in [-0.05, 0) is 37.8 Å². The fraction of sp³-hybridized carbons (Fsp3) is 0.438. The van der Waals surface area contributed by atoms with Gasteiger partial charge in [0, 0.05) is 19.1 Å². The minimum Gasteiger partial charge on any atom is -0.357 e. The van der Waals surface area contributed by atoms with E-state index >= 15 is 0 Å². The van der Waals surface area contributed by atoms with Crippen LogP contribution in [0.4, 0.5) is 8.78 Å². The van der Waals surface area contributed by atoms with E-state index in [-0.39, 0.29) is 24.0 Å². The van der Waals surface area contributed by atoms with Gasteiger partial charge in [0.15, 0.2) is 17.6 Å². The van der Waals surface area contributed by atoms with Crippen molar-refractivity contribution in [1.29, 1.82) is 0 Å². The highest BCUT2D eigenvalue weighted by Gasteiger charge is 2.11. The van der Waals surface area contributed by atoms with E-state index in [1.807, 2.05) is 6.92 Å². The number of nitrogens with one attached hydrogen (secondary N) is 2. The third-order valence-corrected chi connectivity index (χ3v) is 3.38. The number of aliphatic imine (C=N–C) groups is 1. The number of benzene rings is 1. The summed E-state index contributed by atoms with van der Waals surface area (Å²) < 4.78 is 26.7. The lowest BCUT2D eigenvalue weighted by atomic mass is 10.1. The quantitative estimate of drug-likeness (QED) is 0.331. The Morgan fingerprint density at radius 1 is 1.27 bits per heavy atom. The molecule has 0 heterocycles. The van der Waals surface area contributed by atoms with Gasteiger partial charge in [-0.1, -0.05) is 24.3 Å². The first-order valence-corrected chi connectivity index (χ1v) is 7.33. The van der Waals surface area contributed by atoms with Crippen molar-refractivity contribution in [3.8, 4) is 0 Å². The van der Waals surface area contributed by atoms with E-state index in [0.29, 0.717) is 24.6 Å². The van der Waals surface area contributed by atoms with Crippen molar-refractivity contribution in [3.05, 3.63) is 47.5 Å². The van der Waals surface area contributed by atoms with Gasteiger partial charge in [0.25, 0.3) is 0 Å². The molecule has 0 amide bonds. The molecule has 122 valence electrons. The Kier molecular flexibility index (Phi) is 8.37. The maximum Gasteiger partial charge on any atom is 0.191 e. The molecule has 0 aromatic heterocycles. The third-order valence-electron chi connectivity index (χ3n) is 3.38. The molecule has 0 fully saturated rings. The first-order valence-electron chi connectivity index (χ1n) is 7.33. The SMILES string of the molecule is CCNC(=NCCc1cccc(F)c1F)NC1CC=CC1.I. The minimum atomic E-state index is -0.807. The molecule has 0 radical (unpaired) electrons. The zero-order valence-corrected chi connectivity index (χ0v) is 14.9. The van der Waals surface area contributed by atoms with Gasteiger partial charge in [-0.2, -0.15) is 0 Å². The molecule has 0 atom stereocenters. The highest BCUT2D eigenvalue weighted by Crippen LogP contribution is 2.12. The van der Waals surface area contributed by atoms with Gasteiger partial charge in [-0.15, -0.1) is 24.0 Å². The number of rotatable bonds is 5. The van der Waals surface area contributed by atoms with Crippen LogP contribution < -0.4 is 10.6 Å². The number of hydrogen-bond acceptors (Lipinski definition) is 1. The highest BCUT2D eigenvalue weighted by molar-refractivity contribution is 14.0. The lowest BCUT2D eigenvalue weighted by Crippen LogP contribution is -2.42. The largest absolute Gasteiger partial charge is 0.357 e. The molecule has 0 aliphatic heterocycles. The molecule has 22 heavy (non-hydrogen) atoms. The molecule has 1 aromatic rings. The van der Waals surface area contributed by atoms with Crippen molar-refractivity contribution in [1.82, 2.24) is 10.6 Å². The van der Waals surface area contributed by atoms with Gasteiger partial charge in [0.05, 0.1) is 0 Å². The second-order valence-corrected chi connectivity index (χ2v) is 5.01. The molecular formula is C16H22F2IN3. The summed E-state index contributed by atoms with van der Waals surface area (Å²) in [5.74, 6) is -0.854. The Hall–Kier alpha value is -1.18. The van der Waals surface area contributed by atoms with Gasteiger partial charge in [0.1, 0.15) is 0 Å². The predicted octanol–water partition coefficient (Wildman–Crippen LogP) is 3.40. The van der Waals surface area contributed by atoms with Crippen molar-refractivity contribution in [2.75, 3.05) is 13.1 Å². The summed E-state index contributed by atoms with van der Waals surface area (Å²) in [7, 11) is 0. The molecule has 1 aromatic carbocycles. The van der Waals surface area contributed by atoms with Crippen LogP contribution in [0, 0.1) is 11.6 Å². The molecule has 1 aliphatic rings. The standard InChI is InChI=1S/C16H21F2N3.HI/c1-2-19-16(21-13-7-3-4-8-13)20-11-10-12-6-5-9-14(17)15(12)18;/h3-6,9,13H,2,7-8,10-11H2,1H3,(H2,19,20,21);1H. The normalized spacial score (nSPS) is 14.8. The van der Waals surface area contributed by atoms with Gasteiger partial charge in [0.2, 0.25) is 0 Å². The van der Waals surface area contributed by atoms with Crippen LogP contribution in [0.15, 0.2) is 35.3 Å². The monoisotopic (exact) mass is 421 g/mol. The van der Waals surface area contributed by atoms with Gasteiger partial charge >= 0.3 is 0 Å². The lowest BCUT2D eigenvalue weighted by Gasteiger charge is -2.16. The molecule has 2 N–H and O–H groups in total. The van der Waals surface area contributed by atoms with Crippen LogP contribution >= 0.6 is 24.0 Å². The summed E-state index contributed by atoms with van der Waals surface area (Å²) in [4.78, 5) is 4.42. The summed E-state index contributed by atoms with van der Waals surface area (Å²) in [6.07, 6.45) is 6.64. The van der Waals surface area contributed by atoms with Gasteiger partial charge in [-0.25, -0.2) is 8.78 Å². The first-order chi connectivity index (χ1) is 10.2. The van der Waals surface area contributed by atoms with Crippen LogP contribution in [0.2, 0.25) is 0 Å². The van der Waals surface area contributed by atoms with E-state index in [0.717, 1.165) is 31.4 Å². The Morgan fingerprint density at radius 3 is 2.68 bits per heavy atom. The van der Waals surface area contributed by atoms with E-state index in [1.54, 1.807) is 6.07 Å². The topological polar surface area (TPSA) is 36.4 Å². The van der Waals surface area contributed by atoms with Gasteiger partial charge < -0.3 is 10.6 Å². The Labute approximate surface area is 147 Å². The summed E-state index contributed by atoms with van der Waals surface area (Å²) >= 11 is 0. The molecule has 3 nitrogen and oxygen atoms in total. The number of halogens is 3. The van der Waals surface area contributed by atoms with Crippen molar-refractivity contribution in [2.45, 2.75) is 32.2 Å². The summed E-state index contributed by atoms with van der Waals surface area (Å²) in [5.41, 5.74) is 0.358. The van der Waals surface area contributed by atoms with E-state index in [2.05, 4.69) is 27.8 Å². The summed E-state index contributed by atoms with van der Waals surface area (Å²) in [6.45, 7) is 3.17. The summed E-state index contributed by atoms with van der Waals surface area (Å²) in [5, 5.41) is 6.50. The number of guanidine groups is 1. The molecule has 6 heteroatoms. The zero-order chi connectivity index (χ0) is 15.1. The van der Waals surface area contributed by atoms with Crippen molar-refractivity contribution < 1.29 is 8.78 Å². The van der Waals surface area contributed by atoms with E-state index in [9.17, 15) is 8.78 Å². The zero-order valence-electron chi connectivity index (χ0n) is 12.6. The van der Waals surface area contributed by atoms with Crippen molar-refractivity contribution in [2.24, 2.45) is 4.99 Å². The molecule has 1 aliphatic carbocycles. The molecular weight excluding hydrogens is 399 g/mol. The molecule has 0 spiro atoms. The predicted molar refractivity (Wildman–Crippen MR) is 96.8 cm³/mol. The molecule has 0 saturated heterocycles. The second kappa shape index (κ2) is 9.76. The van der Waals surface area contributed by atoms with Crippen molar-refractivity contribution >= 4 is 29.9 Å². The van der Waals surface area contributed by atoms with Crippen LogP contribution in [0.3, 0.4) is 0 Å². The minimum absolute atomic E-state index is 0. The van der Waals surface area contributed by atoms with Gasteiger partial charge in [-0.3, -0.25) is 4.99 Å². The van der Waals surface area contributed by atoms with E-state index < -0.39 is 11.6 Å². The van der Waals surface area contributed by atoms with E-state index in [4.69, 9.17) is 0 Å². The van der Waals surface area contributed by atoms with Crippen LogP contribution in [0.1, 0.15) is 25.3 Å². The van der Waals surface area contributed by atoms with Crippen LogP contribution in [0.5, 0.6) is 0 Å². The van der Waals surface area contributed by atoms with E-state index in [1.165, 1.54) is 6.07 Å². The van der Waals surface area contributed by atoms with Crippen LogP contribution in [-0.2, 0) is 6.42 Å². The fourth-order valence-corrected chi connectivity index (χ4v) is 2.28. The third kappa shape index (κ3) is 5.55. The molecule has 2 rings (SSSR count). The molecule has 0 bridgehead atoms. The lowest BCUT2D eigenvalue weighted by molar-refractivity contribution is 0.499. The Balaban J connectivity index is 0.00000242. The molecule has 0 saturated carbocycles. The maximum absolute atomic E-state index is 13.5. The first kappa shape index (κ1) is 18.9. The average molecular weight is 421 g/mol. The maximum atomic E-state index is 13.5. The smallest absolute Gasteiger partial charge is 0.191 e. The number of nitrogens with zero attached hydrogens (tertiary/aromatic N) is 1. The van der Waals surface area contributed by atoms with Crippen LogP contribution in [-0.4, -0.2) is 25.1 Å². The van der Waals surface area contributed by atoms with Crippen molar-refractivity contribution in [3.63, 3.8) is 0 Å². The Morgan fingerprint density at radius 2 is 2.00 bits per heavy atom. The summed E-state index contributed by atoms with van der Waals surface area (Å²) in [6, 6.07) is 4.61. The van der Waals surface area contributed by atoms with Crippen LogP contribution in [0.25, 0.3) is 0 Å². The fourth-order valence-electron chi connectivity index (χ4n) is 2.28. The number of hydrogen-bond donors (Lipinski definition) is 2.